The van der Waals surface area contributed by atoms with E-state index in [0.717, 1.165) is 28.3 Å². The van der Waals surface area contributed by atoms with Crippen molar-refractivity contribution < 1.29 is 19.4 Å². The van der Waals surface area contributed by atoms with Crippen LogP contribution in [-0.4, -0.2) is 49.6 Å². The summed E-state index contributed by atoms with van der Waals surface area (Å²) in [5.74, 6) is -0.373. The van der Waals surface area contributed by atoms with Crippen LogP contribution in [0, 0.1) is 0 Å². The van der Waals surface area contributed by atoms with Gasteiger partial charge in [-0.25, -0.2) is 4.68 Å². The molecule has 0 radical (unpaired) electrons. The van der Waals surface area contributed by atoms with Crippen LogP contribution in [0.1, 0.15) is 18.4 Å². The lowest BCUT2D eigenvalue weighted by molar-refractivity contribution is -0.137. The highest BCUT2D eigenvalue weighted by Gasteiger charge is 2.32. The summed E-state index contributed by atoms with van der Waals surface area (Å²) in [5.41, 5.74) is 3.27. The van der Waals surface area contributed by atoms with E-state index in [9.17, 15) is 9.59 Å². The van der Waals surface area contributed by atoms with Gasteiger partial charge >= 0.3 is 5.97 Å². The predicted molar refractivity (Wildman–Crippen MR) is 132 cm³/mol. The van der Waals surface area contributed by atoms with Gasteiger partial charge in [-0.2, -0.15) is 5.10 Å². The molecule has 0 bridgehead atoms. The first-order valence-electron chi connectivity index (χ1n) is 10.2. The van der Waals surface area contributed by atoms with E-state index in [1.54, 1.807) is 17.9 Å². The van der Waals surface area contributed by atoms with Crippen LogP contribution in [-0.2, 0) is 9.59 Å². The Morgan fingerprint density at radius 2 is 1.91 bits per heavy atom. The Labute approximate surface area is 200 Å². The van der Waals surface area contributed by atoms with Crippen LogP contribution in [0.15, 0.2) is 65.7 Å². The lowest BCUT2D eigenvalue weighted by Crippen LogP contribution is -2.29. The molecule has 1 aromatic heterocycles. The molecule has 9 heteroatoms. The van der Waals surface area contributed by atoms with E-state index in [1.807, 2.05) is 60.8 Å². The van der Waals surface area contributed by atoms with Gasteiger partial charge in [-0.05, 0) is 48.9 Å². The molecule has 1 aliphatic rings. The Kier molecular flexibility index (Phi) is 6.90. The number of nitrogens with zero attached hydrogens (tertiary/aromatic N) is 3. The van der Waals surface area contributed by atoms with Crippen LogP contribution in [0.2, 0.25) is 0 Å². The first-order chi connectivity index (χ1) is 16.0. The number of carboxylic acid groups (broad SMARTS) is 1. The minimum Gasteiger partial charge on any atom is -0.497 e. The number of thiocarbonyl (C=S) groups is 1. The Morgan fingerprint density at radius 3 is 2.58 bits per heavy atom. The molecule has 3 aromatic rings. The lowest BCUT2D eigenvalue weighted by Gasteiger charge is -2.13. The van der Waals surface area contributed by atoms with Gasteiger partial charge in [0.2, 0.25) is 0 Å². The zero-order valence-electron chi connectivity index (χ0n) is 17.8. The number of aliphatic carboxylic acids is 1. The molecule has 0 aliphatic carbocycles. The zero-order chi connectivity index (χ0) is 23.4. The predicted octanol–water partition coefficient (Wildman–Crippen LogP) is 4.61. The Bertz CT molecular complexity index is 1220. The average molecular weight is 480 g/mol. The SMILES string of the molecule is COc1ccc(-c2nn(-c3ccccc3)cc2/C=C2/SC(=S)N(CCCC(=O)O)C2=O)cc1. The summed E-state index contributed by atoms with van der Waals surface area (Å²) in [6, 6.07) is 17.3. The molecule has 7 nitrogen and oxygen atoms in total. The van der Waals surface area contributed by atoms with E-state index in [-0.39, 0.29) is 18.9 Å². The van der Waals surface area contributed by atoms with Crippen molar-refractivity contribution in [2.75, 3.05) is 13.7 Å². The van der Waals surface area contributed by atoms with E-state index < -0.39 is 5.97 Å². The average Bonchev–Trinajstić information content (AvgIpc) is 3.36. The van der Waals surface area contributed by atoms with Gasteiger partial charge in [0, 0.05) is 30.3 Å². The fourth-order valence-corrected chi connectivity index (χ4v) is 4.70. The molecule has 1 aliphatic heterocycles. The summed E-state index contributed by atoms with van der Waals surface area (Å²) in [7, 11) is 1.61. The highest BCUT2D eigenvalue weighted by molar-refractivity contribution is 8.26. The maximum atomic E-state index is 13.0. The Hall–Kier alpha value is -3.43. The molecule has 168 valence electrons. The molecule has 0 spiro atoms. The Morgan fingerprint density at radius 1 is 1.18 bits per heavy atom. The van der Waals surface area contributed by atoms with Gasteiger partial charge < -0.3 is 9.84 Å². The molecule has 4 rings (SSSR count). The van der Waals surface area contributed by atoms with Gasteiger partial charge in [0.05, 0.1) is 23.4 Å². The summed E-state index contributed by atoms with van der Waals surface area (Å²) in [6.45, 7) is 0.281. The fraction of sp³-hybridized carbons (Fsp3) is 0.167. The molecule has 33 heavy (non-hydrogen) atoms. The number of carbonyl (C=O) groups excluding carboxylic acids is 1. The van der Waals surface area contributed by atoms with E-state index in [1.165, 1.54) is 16.7 Å². The maximum absolute atomic E-state index is 13.0. The number of hydrogen-bond donors (Lipinski definition) is 1. The topological polar surface area (TPSA) is 84.7 Å². The minimum atomic E-state index is -0.895. The molecule has 1 saturated heterocycles. The number of methoxy groups -OCH3 is 1. The monoisotopic (exact) mass is 479 g/mol. The molecular formula is C24H21N3O4S2. The molecule has 1 fully saturated rings. The lowest BCUT2D eigenvalue weighted by atomic mass is 10.1. The van der Waals surface area contributed by atoms with Crippen LogP contribution in [0.5, 0.6) is 5.75 Å². The normalized spacial score (nSPS) is 14.8. The summed E-state index contributed by atoms with van der Waals surface area (Å²) < 4.78 is 7.47. The number of carbonyl (C=O) groups is 2. The first kappa shape index (κ1) is 22.8. The summed E-state index contributed by atoms with van der Waals surface area (Å²) >= 11 is 6.59. The Balaban J connectivity index is 1.69. The van der Waals surface area contributed by atoms with Gasteiger partial charge in [-0.15, -0.1) is 0 Å². The maximum Gasteiger partial charge on any atom is 0.303 e. The number of carboxylic acids is 1. The summed E-state index contributed by atoms with van der Waals surface area (Å²) in [5, 5.41) is 13.6. The first-order valence-corrected chi connectivity index (χ1v) is 11.5. The van der Waals surface area contributed by atoms with Crippen LogP contribution in [0.4, 0.5) is 0 Å². The number of para-hydroxylation sites is 1. The van der Waals surface area contributed by atoms with Crippen molar-refractivity contribution in [3.8, 4) is 22.7 Å². The summed E-state index contributed by atoms with van der Waals surface area (Å²) in [4.78, 5) is 25.7. The molecular weight excluding hydrogens is 458 g/mol. The van der Waals surface area contributed by atoms with Crippen molar-refractivity contribution >= 4 is 46.3 Å². The third kappa shape index (κ3) is 5.15. The second-order valence-corrected chi connectivity index (χ2v) is 8.95. The van der Waals surface area contributed by atoms with E-state index in [2.05, 4.69) is 0 Å². The van der Waals surface area contributed by atoms with Crippen molar-refractivity contribution in [3.63, 3.8) is 0 Å². The van der Waals surface area contributed by atoms with E-state index in [0.29, 0.717) is 15.6 Å². The van der Waals surface area contributed by atoms with Gasteiger partial charge in [-0.3, -0.25) is 14.5 Å². The number of rotatable bonds is 8. The zero-order valence-corrected chi connectivity index (χ0v) is 19.4. The smallest absolute Gasteiger partial charge is 0.303 e. The second kappa shape index (κ2) is 10.0. The van der Waals surface area contributed by atoms with Crippen molar-refractivity contribution in [2.24, 2.45) is 0 Å². The largest absolute Gasteiger partial charge is 0.497 e. The van der Waals surface area contributed by atoms with Crippen LogP contribution < -0.4 is 4.74 Å². The van der Waals surface area contributed by atoms with Gasteiger partial charge in [0.25, 0.3) is 5.91 Å². The molecule has 0 atom stereocenters. The third-order valence-electron chi connectivity index (χ3n) is 5.06. The van der Waals surface area contributed by atoms with Crippen LogP contribution in [0.25, 0.3) is 23.0 Å². The fourth-order valence-electron chi connectivity index (χ4n) is 3.40. The van der Waals surface area contributed by atoms with Crippen LogP contribution >= 0.6 is 24.0 Å². The number of ether oxygens (including phenoxy) is 1. The molecule has 1 N–H and O–H groups in total. The number of amides is 1. The van der Waals surface area contributed by atoms with Crippen LogP contribution in [0.3, 0.4) is 0 Å². The van der Waals surface area contributed by atoms with Crippen molar-refractivity contribution in [2.45, 2.75) is 12.8 Å². The number of aromatic nitrogens is 2. The molecule has 0 saturated carbocycles. The minimum absolute atomic E-state index is 0.0123. The third-order valence-corrected chi connectivity index (χ3v) is 6.44. The van der Waals surface area contributed by atoms with Gasteiger partial charge in [0.15, 0.2) is 0 Å². The molecule has 2 aromatic carbocycles. The quantitative estimate of drug-likeness (QED) is 0.373. The number of hydrogen-bond acceptors (Lipinski definition) is 6. The van der Waals surface area contributed by atoms with E-state index in [4.69, 9.17) is 27.2 Å². The molecule has 0 unspecified atom stereocenters. The summed E-state index contributed by atoms with van der Waals surface area (Å²) in [6.07, 6.45) is 4.01. The van der Waals surface area contributed by atoms with Crippen molar-refractivity contribution in [3.05, 3.63) is 71.3 Å². The van der Waals surface area contributed by atoms with Gasteiger partial charge in [0.1, 0.15) is 10.1 Å². The van der Waals surface area contributed by atoms with Crippen molar-refractivity contribution in [1.29, 1.82) is 0 Å². The highest BCUT2D eigenvalue weighted by Crippen LogP contribution is 2.35. The van der Waals surface area contributed by atoms with Crippen molar-refractivity contribution in [1.82, 2.24) is 14.7 Å². The molecule has 2 heterocycles. The van der Waals surface area contributed by atoms with Gasteiger partial charge in [-0.1, -0.05) is 42.2 Å². The second-order valence-electron chi connectivity index (χ2n) is 7.27. The number of thioether (sulfide) groups is 1. The number of benzene rings is 2. The standard InChI is InChI=1S/C24H21N3O4S2/c1-31-19-11-9-16(10-12-19)22-17(15-27(25-22)18-6-3-2-4-7-18)14-20-23(30)26(24(32)33-20)13-5-8-21(28)29/h2-4,6-7,9-12,14-15H,5,8,13H2,1H3,(H,28,29)/b20-14+. The highest BCUT2D eigenvalue weighted by atomic mass is 32.2. The van der Waals surface area contributed by atoms with E-state index >= 15 is 0 Å². The molecule has 1 amide bonds.